The second-order valence-corrected chi connectivity index (χ2v) is 3.71. The second-order valence-electron chi connectivity index (χ2n) is 3.71. The van der Waals surface area contributed by atoms with Crippen molar-refractivity contribution in [3.63, 3.8) is 0 Å². The highest BCUT2D eigenvalue weighted by Gasteiger charge is 2.23. The van der Waals surface area contributed by atoms with Crippen LogP contribution in [0.15, 0.2) is 24.3 Å². The van der Waals surface area contributed by atoms with E-state index in [-0.39, 0.29) is 11.9 Å². The average molecular weight is 180 g/mol. The van der Waals surface area contributed by atoms with Crippen LogP contribution in [0.5, 0.6) is 0 Å². The van der Waals surface area contributed by atoms with E-state index >= 15 is 0 Å². The molecule has 1 heterocycles. The molecule has 1 aliphatic heterocycles. The molecule has 1 aliphatic rings. The Morgan fingerprint density at radius 2 is 2.00 bits per heavy atom. The van der Waals surface area contributed by atoms with Gasteiger partial charge < -0.3 is 4.74 Å². The van der Waals surface area contributed by atoms with Gasteiger partial charge in [0.25, 0.3) is 0 Å². The van der Waals surface area contributed by atoms with E-state index in [0.717, 1.165) is 18.6 Å². The van der Waals surface area contributed by atoms with Crippen LogP contribution in [0.2, 0.25) is 0 Å². The Morgan fingerprint density at radius 3 is 2.54 bits per heavy atom. The molecule has 13 heavy (non-hydrogen) atoms. The maximum atomic E-state index is 12.6. The number of halogens is 1. The van der Waals surface area contributed by atoms with Crippen LogP contribution in [0.25, 0.3) is 0 Å². The van der Waals surface area contributed by atoms with Crippen molar-refractivity contribution in [2.24, 2.45) is 5.92 Å². The van der Waals surface area contributed by atoms with Crippen LogP contribution in [-0.2, 0) is 4.74 Å². The summed E-state index contributed by atoms with van der Waals surface area (Å²) >= 11 is 0. The number of hydrogen-bond acceptors (Lipinski definition) is 1. The first kappa shape index (κ1) is 8.70. The summed E-state index contributed by atoms with van der Waals surface area (Å²) in [5.41, 5.74) is 1.09. The normalized spacial score (nSPS) is 27.8. The average Bonchev–Trinajstić information content (AvgIpc) is 2.53. The molecule has 0 saturated carbocycles. The first-order chi connectivity index (χ1) is 6.25. The van der Waals surface area contributed by atoms with Gasteiger partial charge in [-0.2, -0.15) is 0 Å². The Labute approximate surface area is 77.5 Å². The van der Waals surface area contributed by atoms with Crippen LogP contribution in [-0.4, -0.2) is 6.61 Å². The summed E-state index contributed by atoms with van der Waals surface area (Å²) in [7, 11) is 0. The number of ether oxygens (including phenoxy) is 1. The molecule has 0 radical (unpaired) electrons. The molecule has 0 spiro atoms. The molecule has 1 unspecified atom stereocenters. The third kappa shape index (κ3) is 1.89. The third-order valence-electron chi connectivity index (χ3n) is 2.44. The van der Waals surface area contributed by atoms with E-state index in [9.17, 15) is 4.39 Å². The molecule has 70 valence electrons. The fourth-order valence-corrected chi connectivity index (χ4v) is 1.69. The molecule has 0 amide bonds. The Kier molecular flexibility index (Phi) is 2.32. The van der Waals surface area contributed by atoms with E-state index in [1.165, 1.54) is 12.1 Å². The molecule has 0 bridgehead atoms. The standard InChI is InChI=1S/C11H13FO/c1-8-6-11(13-7-8)9-2-4-10(12)5-3-9/h2-5,8,11H,6-7H2,1H3/t8?,11-/m1/s1. The lowest BCUT2D eigenvalue weighted by Gasteiger charge is -2.08. The van der Waals surface area contributed by atoms with E-state index in [1.54, 1.807) is 12.1 Å². The van der Waals surface area contributed by atoms with Crippen molar-refractivity contribution >= 4 is 0 Å². The van der Waals surface area contributed by atoms with Gasteiger partial charge in [-0.3, -0.25) is 0 Å². The zero-order chi connectivity index (χ0) is 9.26. The lowest BCUT2D eigenvalue weighted by molar-refractivity contribution is 0.108. The fraction of sp³-hybridized carbons (Fsp3) is 0.455. The molecule has 0 aliphatic carbocycles. The van der Waals surface area contributed by atoms with Crippen LogP contribution < -0.4 is 0 Å². The second kappa shape index (κ2) is 3.46. The molecule has 1 aromatic carbocycles. The van der Waals surface area contributed by atoms with Crippen molar-refractivity contribution in [3.8, 4) is 0 Å². The maximum Gasteiger partial charge on any atom is 0.123 e. The zero-order valence-corrected chi connectivity index (χ0v) is 7.66. The summed E-state index contributed by atoms with van der Waals surface area (Å²) in [5.74, 6) is 0.435. The Balaban J connectivity index is 2.13. The zero-order valence-electron chi connectivity index (χ0n) is 7.66. The van der Waals surface area contributed by atoms with Crippen LogP contribution in [0.3, 0.4) is 0 Å². The molecule has 1 saturated heterocycles. The number of benzene rings is 1. The maximum absolute atomic E-state index is 12.6. The first-order valence-electron chi connectivity index (χ1n) is 4.63. The van der Waals surface area contributed by atoms with Gasteiger partial charge in [0.05, 0.1) is 12.7 Å². The summed E-state index contributed by atoms with van der Waals surface area (Å²) in [6.45, 7) is 2.99. The molecule has 0 N–H and O–H groups in total. The largest absolute Gasteiger partial charge is 0.373 e. The van der Waals surface area contributed by atoms with Gasteiger partial charge in [0, 0.05) is 0 Å². The summed E-state index contributed by atoms with van der Waals surface area (Å²) in [5, 5.41) is 0. The summed E-state index contributed by atoms with van der Waals surface area (Å²) < 4.78 is 18.2. The van der Waals surface area contributed by atoms with Gasteiger partial charge >= 0.3 is 0 Å². The van der Waals surface area contributed by atoms with Crippen molar-refractivity contribution in [1.82, 2.24) is 0 Å². The highest BCUT2D eigenvalue weighted by atomic mass is 19.1. The van der Waals surface area contributed by atoms with E-state index < -0.39 is 0 Å². The Bertz CT molecular complexity index is 281. The molecule has 1 nitrogen and oxygen atoms in total. The highest BCUT2D eigenvalue weighted by Crippen LogP contribution is 2.31. The van der Waals surface area contributed by atoms with Crippen molar-refractivity contribution in [2.45, 2.75) is 19.4 Å². The summed E-state index contributed by atoms with van der Waals surface area (Å²) in [6.07, 6.45) is 1.22. The van der Waals surface area contributed by atoms with Crippen molar-refractivity contribution in [3.05, 3.63) is 35.6 Å². The van der Waals surface area contributed by atoms with E-state index in [0.29, 0.717) is 5.92 Å². The fourth-order valence-electron chi connectivity index (χ4n) is 1.69. The predicted octanol–water partition coefficient (Wildman–Crippen LogP) is 2.92. The minimum atomic E-state index is -0.185. The molecule has 2 rings (SSSR count). The molecular weight excluding hydrogens is 167 g/mol. The minimum Gasteiger partial charge on any atom is -0.373 e. The lowest BCUT2D eigenvalue weighted by atomic mass is 10.0. The summed E-state index contributed by atoms with van der Waals surface area (Å²) in [4.78, 5) is 0. The van der Waals surface area contributed by atoms with Gasteiger partial charge in [0.1, 0.15) is 5.82 Å². The SMILES string of the molecule is CC1CO[C@@H](c2ccc(F)cc2)C1. The Hall–Kier alpha value is -0.890. The van der Waals surface area contributed by atoms with Crippen LogP contribution in [0.4, 0.5) is 4.39 Å². The van der Waals surface area contributed by atoms with Crippen molar-refractivity contribution < 1.29 is 9.13 Å². The van der Waals surface area contributed by atoms with Crippen molar-refractivity contribution in [2.75, 3.05) is 6.61 Å². The molecule has 2 atom stereocenters. The highest BCUT2D eigenvalue weighted by molar-refractivity contribution is 5.19. The van der Waals surface area contributed by atoms with Gasteiger partial charge in [-0.05, 0) is 30.0 Å². The summed E-state index contributed by atoms with van der Waals surface area (Å²) in [6, 6.07) is 6.58. The van der Waals surface area contributed by atoms with Gasteiger partial charge in [-0.1, -0.05) is 19.1 Å². The lowest BCUT2D eigenvalue weighted by Crippen LogP contribution is -1.95. The van der Waals surface area contributed by atoms with Gasteiger partial charge in [-0.15, -0.1) is 0 Å². The minimum absolute atomic E-state index is 0.176. The molecule has 2 heteroatoms. The smallest absolute Gasteiger partial charge is 0.123 e. The van der Waals surface area contributed by atoms with Gasteiger partial charge in [0.15, 0.2) is 0 Å². The number of hydrogen-bond donors (Lipinski definition) is 0. The van der Waals surface area contributed by atoms with E-state index in [4.69, 9.17) is 4.74 Å². The molecular formula is C11H13FO. The van der Waals surface area contributed by atoms with Crippen molar-refractivity contribution in [1.29, 1.82) is 0 Å². The molecule has 0 aromatic heterocycles. The predicted molar refractivity (Wildman–Crippen MR) is 48.9 cm³/mol. The van der Waals surface area contributed by atoms with Gasteiger partial charge in [-0.25, -0.2) is 4.39 Å². The molecule has 1 aromatic rings. The molecule has 1 fully saturated rings. The van der Waals surface area contributed by atoms with E-state index in [1.807, 2.05) is 0 Å². The first-order valence-corrected chi connectivity index (χ1v) is 4.63. The Morgan fingerprint density at radius 1 is 1.31 bits per heavy atom. The van der Waals surface area contributed by atoms with E-state index in [2.05, 4.69) is 6.92 Å². The quantitative estimate of drug-likeness (QED) is 0.645. The number of rotatable bonds is 1. The van der Waals surface area contributed by atoms with Crippen LogP contribution in [0.1, 0.15) is 25.0 Å². The third-order valence-corrected chi connectivity index (χ3v) is 2.44. The van der Waals surface area contributed by atoms with Crippen LogP contribution >= 0.6 is 0 Å². The van der Waals surface area contributed by atoms with Crippen LogP contribution in [0, 0.1) is 11.7 Å². The topological polar surface area (TPSA) is 9.23 Å². The van der Waals surface area contributed by atoms with Gasteiger partial charge in [0.2, 0.25) is 0 Å². The monoisotopic (exact) mass is 180 g/mol.